The lowest BCUT2D eigenvalue weighted by atomic mass is 10.2. The predicted molar refractivity (Wildman–Crippen MR) is 74.6 cm³/mol. The molecule has 0 atom stereocenters. The molecule has 0 aliphatic carbocycles. The summed E-state index contributed by atoms with van der Waals surface area (Å²) in [5.41, 5.74) is 2.42. The molecule has 0 aliphatic heterocycles. The van der Waals surface area contributed by atoms with Crippen molar-refractivity contribution in [1.29, 1.82) is 0 Å². The molecule has 0 unspecified atom stereocenters. The van der Waals surface area contributed by atoms with Crippen LogP contribution in [0.2, 0.25) is 0 Å². The van der Waals surface area contributed by atoms with Gasteiger partial charge in [-0.2, -0.15) is 0 Å². The van der Waals surface area contributed by atoms with E-state index >= 15 is 0 Å². The SMILES string of the molecule is CCCNCc1ccoc1CN(C)Cc1ccoc1. The van der Waals surface area contributed by atoms with Crippen molar-refractivity contribution in [3.63, 3.8) is 0 Å². The molecule has 0 spiro atoms. The van der Waals surface area contributed by atoms with Crippen LogP contribution in [0.5, 0.6) is 0 Å². The number of nitrogens with zero attached hydrogens (tertiary/aromatic N) is 1. The average molecular weight is 262 g/mol. The molecule has 104 valence electrons. The van der Waals surface area contributed by atoms with E-state index in [1.54, 1.807) is 18.8 Å². The van der Waals surface area contributed by atoms with E-state index in [4.69, 9.17) is 8.83 Å². The number of nitrogens with one attached hydrogen (secondary N) is 1. The highest BCUT2D eigenvalue weighted by molar-refractivity contribution is 5.17. The molecule has 4 heteroatoms. The van der Waals surface area contributed by atoms with Gasteiger partial charge in [0.15, 0.2) is 0 Å². The first kappa shape index (κ1) is 13.9. The molecule has 4 nitrogen and oxygen atoms in total. The van der Waals surface area contributed by atoms with Gasteiger partial charge in [-0.3, -0.25) is 4.90 Å². The van der Waals surface area contributed by atoms with Gasteiger partial charge in [-0.25, -0.2) is 0 Å². The van der Waals surface area contributed by atoms with Gasteiger partial charge in [0.05, 0.1) is 25.3 Å². The summed E-state index contributed by atoms with van der Waals surface area (Å²) in [5, 5.41) is 3.40. The Morgan fingerprint density at radius 3 is 2.84 bits per heavy atom. The van der Waals surface area contributed by atoms with Gasteiger partial charge >= 0.3 is 0 Å². The largest absolute Gasteiger partial charge is 0.472 e. The zero-order valence-corrected chi connectivity index (χ0v) is 11.7. The molecular weight excluding hydrogens is 240 g/mol. The highest BCUT2D eigenvalue weighted by atomic mass is 16.3. The summed E-state index contributed by atoms with van der Waals surface area (Å²) in [6, 6.07) is 4.03. The minimum absolute atomic E-state index is 0.807. The second-order valence-corrected chi connectivity index (χ2v) is 4.85. The lowest BCUT2D eigenvalue weighted by molar-refractivity contribution is 0.285. The summed E-state index contributed by atoms with van der Waals surface area (Å²) in [5.74, 6) is 1.04. The van der Waals surface area contributed by atoms with Crippen molar-refractivity contribution < 1.29 is 8.83 Å². The van der Waals surface area contributed by atoms with Crippen LogP contribution in [0, 0.1) is 0 Å². The maximum absolute atomic E-state index is 5.58. The summed E-state index contributed by atoms with van der Waals surface area (Å²) < 4.78 is 10.7. The lowest BCUT2D eigenvalue weighted by Crippen LogP contribution is -2.19. The lowest BCUT2D eigenvalue weighted by Gasteiger charge is -2.15. The van der Waals surface area contributed by atoms with Crippen molar-refractivity contribution in [2.24, 2.45) is 0 Å². The number of hydrogen-bond acceptors (Lipinski definition) is 4. The van der Waals surface area contributed by atoms with Crippen LogP contribution in [0.15, 0.2) is 39.8 Å². The van der Waals surface area contributed by atoms with E-state index in [1.165, 1.54) is 11.1 Å². The Bertz CT molecular complexity index is 462. The first-order valence-corrected chi connectivity index (χ1v) is 6.75. The second-order valence-electron chi connectivity index (χ2n) is 4.85. The third-order valence-electron chi connectivity index (χ3n) is 3.03. The molecule has 0 saturated heterocycles. The quantitative estimate of drug-likeness (QED) is 0.743. The maximum Gasteiger partial charge on any atom is 0.122 e. The van der Waals surface area contributed by atoms with Crippen LogP contribution in [0.4, 0.5) is 0 Å². The number of rotatable bonds is 8. The normalized spacial score (nSPS) is 11.3. The zero-order valence-electron chi connectivity index (χ0n) is 11.7. The fourth-order valence-electron chi connectivity index (χ4n) is 2.06. The van der Waals surface area contributed by atoms with Gasteiger partial charge in [-0.15, -0.1) is 0 Å². The van der Waals surface area contributed by atoms with Crippen molar-refractivity contribution in [3.8, 4) is 0 Å². The van der Waals surface area contributed by atoms with Gasteiger partial charge in [-0.1, -0.05) is 6.92 Å². The monoisotopic (exact) mass is 262 g/mol. The van der Waals surface area contributed by atoms with Gasteiger partial charge in [0.25, 0.3) is 0 Å². The zero-order chi connectivity index (χ0) is 13.5. The van der Waals surface area contributed by atoms with Gasteiger partial charge < -0.3 is 14.2 Å². The topological polar surface area (TPSA) is 41.6 Å². The summed E-state index contributed by atoms with van der Waals surface area (Å²) in [6.45, 7) is 5.75. The van der Waals surface area contributed by atoms with Crippen LogP contribution < -0.4 is 5.32 Å². The molecule has 0 aliphatic rings. The molecule has 2 aromatic heterocycles. The Morgan fingerprint density at radius 1 is 1.21 bits per heavy atom. The number of furan rings is 2. The van der Waals surface area contributed by atoms with Gasteiger partial charge in [0, 0.05) is 24.2 Å². The van der Waals surface area contributed by atoms with E-state index in [9.17, 15) is 0 Å². The van der Waals surface area contributed by atoms with Crippen molar-refractivity contribution in [3.05, 3.63) is 47.8 Å². The Kier molecular flexibility index (Phi) is 5.24. The molecule has 2 aromatic rings. The van der Waals surface area contributed by atoms with E-state index in [2.05, 4.69) is 24.2 Å². The third-order valence-corrected chi connectivity index (χ3v) is 3.03. The maximum atomic E-state index is 5.58. The second kappa shape index (κ2) is 7.16. The van der Waals surface area contributed by atoms with Crippen LogP contribution in [-0.4, -0.2) is 18.5 Å². The van der Waals surface area contributed by atoms with Crippen molar-refractivity contribution in [1.82, 2.24) is 10.2 Å². The van der Waals surface area contributed by atoms with E-state index in [0.29, 0.717) is 0 Å². The van der Waals surface area contributed by atoms with Crippen LogP contribution in [-0.2, 0) is 19.6 Å². The predicted octanol–water partition coefficient (Wildman–Crippen LogP) is 3.00. The first-order chi connectivity index (χ1) is 9.29. The summed E-state index contributed by atoms with van der Waals surface area (Å²) in [7, 11) is 2.08. The molecule has 2 heterocycles. The fraction of sp³-hybridized carbons (Fsp3) is 0.467. The molecule has 0 radical (unpaired) electrons. The van der Waals surface area contributed by atoms with Crippen LogP contribution in [0.1, 0.15) is 30.2 Å². The molecule has 0 amide bonds. The molecular formula is C15H22N2O2. The summed E-state index contributed by atoms with van der Waals surface area (Å²) in [6.07, 6.45) is 6.40. The van der Waals surface area contributed by atoms with E-state index in [1.807, 2.05) is 12.1 Å². The minimum atomic E-state index is 0.807. The van der Waals surface area contributed by atoms with Crippen LogP contribution >= 0.6 is 0 Å². The summed E-state index contributed by atoms with van der Waals surface area (Å²) in [4.78, 5) is 2.22. The Morgan fingerprint density at radius 2 is 2.11 bits per heavy atom. The Labute approximate surface area is 114 Å². The smallest absolute Gasteiger partial charge is 0.122 e. The van der Waals surface area contributed by atoms with E-state index in [0.717, 1.165) is 38.4 Å². The van der Waals surface area contributed by atoms with Crippen molar-refractivity contribution in [2.45, 2.75) is 33.0 Å². The first-order valence-electron chi connectivity index (χ1n) is 6.75. The molecule has 0 fully saturated rings. The van der Waals surface area contributed by atoms with Crippen molar-refractivity contribution in [2.75, 3.05) is 13.6 Å². The van der Waals surface area contributed by atoms with Gasteiger partial charge in [0.2, 0.25) is 0 Å². The molecule has 0 aromatic carbocycles. The van der Waals surface area contributed by atoms with Gasteiger partial charge in [-0.05, 0) is 32.1 Å². The Balaban J connectivity index is 1.86. The molecule has 1 N–H and O–H groups in total. The van der Waals surface area contributed by atoms with Crippen molar-refractivity contribution >= 4 is 0 Å². The van der Waals surface area contributed by atoms with Crippen LogP contribution in [0.25, 0.3) is 0 Å². The molecule has 19 heavy (non-hydrogen) atoms. The van der Waals surface area contributed by atoms with E-state index in [-0.39, 0.29) is 0 Å². The Hall–Kier alpha value is -1.52. The average Bonchev–Trinajstić information content (AvgIpc) is 3.02. The molecule has 2 rings (SSSR count). The third kappa shape index (κ3) is 4.26. The highest BCUT2D eigenvalue weighted by Gasteiger charge is 2.09. The fourth-order valence-corrected chi connectivity index (χ4v) is 2.06. The molecule has 0 saturated carbocycles. The van der Waals surface area contributed by atoms with E-state index < -0.39 is 0 Å². The number of hydrogen-bond donors (Lipinski definition) is 1. The molecule has 0 bridgehead atoms. The van der Waals surface area contributed by atoms with Crippen LogP contribution in [0.3, 0.4) is 0 Å². The van der Waals surface area contributed by atoms with Gasteiger partial charge in [0.1, 0.15) is 5.76 Å². The highest BCUT2D eigenvalue weighted by Crippen LogP contribution is 2.14. The summed E-state index contributed by atoms with van der Waals surface area (Å²) >= 11 is 0. The minimum Gasteiger partial charge on any atom is -0.472 e. The standard InChI is InChI=1S/C15H22N2O2/c1-3-6-16-9-14-5-8-19-15(14)11-17(2)10-13-4-7-18-12-13/h4-5,7-8,12,16H,3,6,9-11H2,1-2H3.